The standard InChI is InChI=1S/C23H25N3O3/c1-27-20-11-9-16(10-12-20)23(15-29-22(24)26-23)17-5-3-6-18(13-17)25-19-7-4-8-21(14-19)28-2/h3-13,21,25H,14-15H2,1-2H3,(H2,24,26). The number of nitrogens with one attached hydrogen (secondary N) is 1. The summed E-state index contributed by atoms with van der Waals surface area (Å²) in [7, 11) is 3.37. The van der Waals surface area contributed by atoms with E-state index >= 15 is 0 Å². The summed E-state index contributed by atoms with van der Waals surface area (Å²) in [5.41, 5.74) is 9.30. The van der Waals surface area contributed by atoms with Crippen molar-refractivity contribution >= 4 is 11.7 Å². The number of anilines is 1. The van der Waals surface area contributed by atoms with Crippen LogP contribution in [0.25, 0.3) is 0 Å². The lowest BCUT2D eigenvalue weighted by Gasteiger charge is -2.26. The molecule has 2 aromatic rings. The van der Waals surface area contributed by atoms with Crippen molar-refractivity contribution in [2.24, 2.45) is 10.7 Å². The molecular formula is C23H25N3O3. The van der Waals surface area contributed by atoms with Crippen molar-refractivity contribution in [1.82, 2.24) is 0 Å². The second kappa shape index (κ2) is 8.01. The molecule has 0 fully saturated rings. The third-order valence-electron chi connectivity index (χ3n) is 5.29. The number of allylic oxidation sites excluding steroid dienone is 2. The Morgan fingerprint density at radius 2 is 1.97 bits per heavy atom. The smallest absolute Gasteiger partial charge is 0.283 e. The Morgan fingerprint density at radius 3 is 2.66 bits per heavy atom. The first-order valence-corrected chi connectivity index (χ1v) is 9.53. The maximum Gasteiger partial charge on any atom is 0.283 e. The van der Waals surface area contributed by atoms with Crippen LogP contribution in [0.1, 0.15) is 17.5 Å². The van der Waals surface area contributed by atoms with Crippen molar-refractivity contribution in [1.29, 1.82) is 0 Å². The van der Waals surface area contributed by atoms with Crippen molar-refractivity contribution in [2.75, 3.05) is 26.1 Å². The number of rotatable bonds is 6. The van der Waals surface area contributed by atoms with Gasteiger partial charge >= 0.3 is 0 Å². The molecule has 29 heavy (non-hydrogen) atoms. The van der Waals surface area contributed by atoms with Gasteiger partial charge < -0.3 is 25.3 Å². The van der Waals surface area contributed by atoms with Crippen LogP contribution in [-0.4, -0.2) is 33.0 Å². The Labute approximate surface area is 170 Å². The molecule has 0 radical (unpaired) electrons. The van der Waals surface area contributed by atoms with Crippen LogP contribution in [0.15, 0.2) is 77.4 Å². The van der Waals surface area contributed by atoms with E-state index in [4.69, 9.17) is 19.9 Å². The molecule has 6 nitrogen and oxygen atoms in total. The fourth-order valence-corrected chi connectivity index (χ4v) is 3.70. The molecule has 2 aliphatic rings. The van der Waals surface area contributed by atoms with Gasteiger partial charge in [-0.3, -0.25) is 0 Å². The fourth-order valence-electron chi connectivity index (χ4n) is 3.70. The Morgan fingerprint density at radius 1 is 1.14 bits per heavy atom. The number of methoxy groups -OCH3 is 2. The third-order valence-corrected chi connectivity index (χ3v) is 5.29. The molecule has 1 heterocycles. The van der Waals surface area contributed by atoms with Crippen LogP contribution < -0.4 is 15.8 Å². The van der Waals surface area contributed by atoms with Gasteiger partial charge in [0.05, 0.1) is 13.2 Å². The number of benzene rings is 2. The molecule has 150 valence electrons. The molecule has 2 unspecified atom stereocenters. The summed E-state index contributed by atoms with van der Waals surface area (Å²) in [6.45, 7) is 0.353. The minimum Gasteiger partial charge on any atom is -0.497 e. The number of hydrogen-bond donors (Lipinski definition) is 2. The minimum atomic E-state index is -0.691. The average molecular weight is 391 g/mol. The molecule has 0 spiro atoms. The SMILES string of the molecule is COc1ccc(C2(c3cccc(NC4=CC=CC(OC)C4)c3)COC(N)=N2)cc1. The summed E-state index contributed by atoms with van der Waals surface area (Å²) < 4.78 is 16.3. The lowest BCUT2D eigenvalue weighted by atomic mass is 9.84. The number of nitrogens with zero attached hydrogens (tertiary/aromatic N) is 1. The van der Waals surface area contributed by atoms with E-state index in [-0.39, 0.29) is 12.1 Å². The van der Waals surface area contributed by atoms with Crippen molar-refractivity contribution < 1.29 is 14.2 Å². The van der Waals surface area contributed by atoms with E-state index in [9.17, 15) is 0 Å². The Hall–Kier alpha value is -3.25. The van der Waals surface area contributed by atoms with E-state index in [1.807, 2.05) is 54.6 Å². The molecule has 1 aliphatic carbocycles. The first-order chi connectivity index (χ1) is 14.1. The molecule has 2 aromatic carbocycles. The van der Waals surface area contributed by atoms with Gasteiger partial charge in [-0.05, 0) is 41.5 Å². The van der Waals surface area contributed by atoms with Gasteiger partial charge in [0.1, 0.15) is 12.4 Å². The molecule has 4 rings (SSSR count). The molecule has 0 amide bonds. The van der Waals surface area contributed by atoms with Gasteiger partial charge in [-0.15, -0.1) is 0 Å². The molecule has 6 heteroatoms. The highest BCUT2D eigenvalue weighted by molar-refractivity contribution is 5.75. The van der Waals surface area contributed by atoms with Crippen LogP contribution in [-0.2, 0) is 15.0 Å². The first kappa shape index (κ1) is 19.1. The normalized spacial score (nSPS) is 23.2. The Kier molecular flexibility index (Phi) is 5.27. The molecule has 0 aromatic heterocycles. The summed E-state index contributed by atoms with van der Waals surface area (Å²) in [6.07, 6.45) is 7.02. The van der Waals surface area contributed by atoms with E-state index in [1.54, 1.807) is 14.2 Å². The minimum absolute atomic E-state index is 0.0870. The van der Waals surface area contributed by atoms with Crippen molar-refractivity contribution in [3.8, 4) is 5.75 Å². The zero-order valence-corrected chi connectivity index (χ0v) is 16.6. The topological polar surface area (TPSA) is 78.1 Å². The van der Waals surface area contributed by atoms with Crippen molar-refractivity contribution in [2.45, 2.75) is 18.1 Å². The van der Waals surface area contributed by atoms with E-state index < -0.39 is 5.54 Å². The van der Waals surface area contributed by atoms with E-state index in [2.05, 4.69) is 22.5 Å². The molecular weight excluding hydrogens is 366 g/mol. The summed E-state index contributed by atoms with van der Waals surface area (Å²) in [6, 6.07) is 16.2. The van der Waals surface area contributed by atoms with E-state index in [0.717, 1.165) is 34.7 Å². The van der Waals surface area contributed by atoms with E-state index in [0.29, 0.717) is 6.61 Å². The number of aliphatic imine (C=N–C) groups is 1. The first-order valence-electron chi connectivity index (χ1n) is 9.53. The maximum atomic E-state index is 5.92. The second-order valence-electron chi connectivity index (χ2n) is 7.09. The van der Waals surface area contributed by atoms with Crippen LogP contribution in [0.4, 0.5) is 5.69 Å². The van der Waals surface area contributed by atoms with Gasteiger partial charge in [-0.25, -0.2) is 4.99 Å². The monoisotopic (exact) mass is 391 g/mol. The van der Waals surface area contributed by atoms with Crippen molar-refractivity contribution in [3.05, 3.63) is 83.6 Å². The van der Waals surface area contributed by atoms with E-state index in [1.165, 1.54) is 0 Å². The predicted octanol–water partition coefficient (Wildman–Crippen LogP) is 3.55. The van der Waals surface area contributed by atoms with Gasteiger partial charge in [0.15, 0.2) is 5.54 Å². The summed E-state index contributed by atoms with van der Waals surface area (Å²) >= 11 is 0. The maximum absolute atomic E-state index is 5.92. The Bertz CT molecular complexity index is 966. The summed E-state index contributed by atoms with van der Waals surface area (Å²) in [4.78, 5) is 4.69. The van der Waals surface area contributed by atoms with Crippen LogP contribution in [0.5, 0.6) is 5.75 Å². The highest BCUT2D eigenvalue weighted by Gasteiger charge is 2.40. The predicted molar refractivity (Wildman–Crippen MR) is 114 cm³/mol. The highest BCUT2D eigenvalue weighted by Crippen LogP contribution is 2.39. The van der Waals surface area contributed by atoms with Gasteiger partial charge in [0, 0.05) is 24.9 Å². The summed E-state index contributed by atoms with van der Waals surface area (Å²) in [5, 5.41) is 3.50. The zero-order chi connectivity index (χ0) is 20.3. The number of hydrogen-bond acceptors (Lipinski definition) is 6. The van der Waals surface area contributed by atoms with Crippen LogP contribution in [0.2, 0.25) is 0 Å². The number of amidine groups is 1. The lowest BCUT2D eigenvalue weighted by Crippen LogP contribution is -2.27. The molecule has 0 bridgehead atoms. The van der Waals surface area contributed by atoms with Crippen molar-refractivity contribution in [3.63, 3.8) is 0 Å². The quantitative estimate of drug-likeness (QED) is 0.787. The molecule has 3 N–H and O–H groups in total. The second-order valence-corrected chi connectivity index (χ2v) is 7.09. The third kappa shape index (κ3) is 3.84. The van der Waals surface area contributed by atoms with Crippen LogP contribution >= 0.6 is 0 Å². The molecule has 2 atom stereocenters. The average Bonchev–Trinajstić information content (AvgIpc) is 3.17. The zero-order valence-electron chi connectivity index (χ0n) is 16.6. The summed E-state index contributed by atoms with van der Waals surface area (Å²) in [5.74, 6) is 0.792. The van der Waals surface area contributed by atoms with Crippen LogP contribution in [0.3, 0.4) is 0 Å². The lowest BCUT2D eigenvalue weighted by molar-refractivity contribution is 0.140. The van der Waals surface area contributed by atoms with Gasteiger partial charge in [0.2, 0.25) is 0 Å². The van der Waals surface area contributed by atoms with Crippen LogP contribution in [0, 0.1) is 0 Å². The fraction of sp³-hybridized carbons (Fsp3) is 0.261. The number of nitrogens with two attached hydrogens (primary N) is 1. The van der Waals surface area contributed by atoms with Gasteiger partial charge in [-0.1, -0.05) is 36.4 Å². The Balaban J connectivity index is 1.67. The molecule has 1 aliphatic heterocycles. The molecule has 0 saturated heterocycles. The largest absolute Gasteiger partial charge is 0.497 e. The molecule has 0 saturated carbocycles. The van der Waals surface area contributed by atoms with Gasteiger partial charge in [-0.2, -0.15) is 0 Å². The van der Waals surface area contributed by atoms with Gasteiger partial charge in [0.25, 0.3) is 6.02 Å². The highest BCUT2D eigenvalue weighted by atomic mass is 16.5. The number of ether oxygens (including phenoxy) is 3.